The van der Waals surface area contributed by atoms with Crippen molar-refractivity contribution in [2.45, 2.75) is 19.4 Å². The molecule has 0 radical (unpaired) electrons. The van der Waals surface area contributed by atoms with E-state index in [0.29, 0.717) is 0 Å². The fourth-order valence-electron chi connectivity index (χ4n) is 1.21. The van der Waals surface area contributed by atoms with Gasteiger partial charge in [-0.05, 0) is 26.0 Å². The minimum Gasteiger partial charge on any atom is -0.507 e. The lowest BCUT2D eigenvalue weighted by atomic mass is 10.1. The first-order valence-corrected chi connectivity index (χ1v) is 5.21. The summed E-state index contributed by atoms with van der Waals surface area (Å²) in [6.45, 7) is 3.91. The largest absolute Gasteiger partial charge is 0.507 e. The predicted octanol–water partition coefficient (Wildman–Crippen LogP) is 1.25. The maximum Gasteiger partial charge on any atom is 0.258 e. The van der Waals surface area contributed by atoms with Crippen LogP contribution in [-0.2, 0) is 4.74 Å². The maximum absolute atomic E-state index is 11.8. The highest BCUT2D eigenvalue weighted by molar-refractivity contribution is 5.99. The van der Waals surface area contributed by atoms with Crippen molar-refractivity contribution in [3.63, 3.8) is 0 Å². The smallest absolute Gasteiger partial charge is 0.258 e. The van der Waals surface area contributed by atoms with Gasteiger partial charge in [-0.25, -0.2) is 0 Å². The molecule has 0 fully saturated rings. The topological polar surface area (TPSA) is 78.8 Å². The molecule has 5 heteroatoms. The van der Waals surface area contributed by atoms with E-state index in [1.165, 1.54) is 18.2 Å². The molecule has 0 aliphatic carbocycles. The quantitative estimate of drug-likeness (QED) is 0.739. The van der Waals surface area contributed by atoms with Crippen LogP contribution in [0.4, 0.5) is 0 Å². The van der Waals surface area contributed by atoms with Gasteiger partial charge >= 0.3 is 0 Å². The number of carbonyl (C=O) groups is 1. The Hall–Kier alpha value is -1.75. The van der Waals surface area contributed by atoms with Crippen LogP contribution in [0.5, 0.6) is 11.5 Å². The van der Waals surface area contributed by atoms with Gasteiger partial charge in [0.05, 0.1) is 5.60 Å². The summed E-state index contributed by atoms with van der Waals surface area (Å²) < 4.78 is 5.14. The minimum atomic E-state index is -0.536. The number of amides is 1. The third-order valence-corrected chi connectivity index (χ3v) is 2.47. The highest BCUT2D eigenvalue weighted by atomic mass is 16.5. The molecule has 5 nitrogen and oxygen atoms in total. The first-order valence-electron chi connectivity index (χ1n) is 5.21. The van der Waals surface area contributed by atoms with Gasteiger partial charge in [-0.3, -0.25) is 4.79 Å². The Balaban J connectivity index is 2.78. The molecule has 1 aromatic rings. The highest BCUT2D eigenvalue weighted by Crippen LogP contribution is 2.25. The Morgan fingerprint density at radius 3 is 2.35 bits per heavy atom. The number of hydrogen-bond donors (Lipinski definition) is 3. The van der Waals surface area contributed by atoms with Crippen LogP contribution in [-0.4, -0.2) is 35.4 Å². The molecule has 1 rings (SSSR count). The van der Waals surface area contributed by atoms with Crippen molar-refractivity contribution in [2.24, 2.45) is 0 Å². The molecule has 0 atom stereocenters. The lowest BCUT2D eigenvalue weighted by Crippen LogP contribution is -2.39. The van der Waals surface area contributed by atoms with Gasteiger partial charge in [0.2, 0.25) is 0 Å². The van der Waals surface area contributed by atoms with E-state index in [1.807, 2.05) is 13.8 Å². The molecule has 0 bridgehead atoms. The van der Waals surface area contributed by atoms with Crippen molar-refractivity contribution in [3.05, 3.63) is 23.8 Å². The second kappa shape index (κ2) is 5.05. The van der Waals surface area contributed by atoms with Gasteiger partial charge in [0.25, 0.3) is 5.91 Å². The Morgan fingerprint density at radius 2 is 1.88 bits per heavy atom. The van der Waals surface area contributed by atoms with Crippen LogP contribution in [0.2, 0.25) is 0 Å². The highest BCUT2D eigenvalue weighted by Gasteiger charge is 2.21. The first kappa shape index (κ1) is 13.3. The van der Waals surface area contributed by atoms with E-state index in [9.17, 15) is 15.0 Å². The number of phenolic OH excluding ortho intramolecular Hbond substituents is 2. The fraction of sp³-hybridized carbons (Fsp3) is 0.417. The van der Waals surface area contributed by atoms with Crippen molar-refractivity contribution < 1.29 is 19.7 Å². The van der Waals surface area contributed by atoms with Gasteiger partial charge in [0.1, 0.15) is 17.1 Å². The number of phenols is 2. The Labute approximate surface area is 100 Å². The third-order valence-electron chi connectivity index (χ3n) is 2.47. The second-order valence-corrected chi connectivity index (χ2v) is 4.32. The van der Waals surface area contributed by atoms with Gasteiger partial charge in [0.15, 0.2) is 0 Å². The monoisotopic (exact) mass is 239 g/mol. The molecule has 1 amide bonds. The predicted molar refractivity (Wildman–Crippen MR) is 63.2 cm³/mol. The Bertz CT molecular complexity index is 395. The first-order chi connectivity index (χ1) is 7.87. The number of benzene rings is 1. The van der Waals surface area contributed by atoms with Crippen LogP contribution >= 0.6 is 0 Å². The van der Waals surface area contributed by atoms with Crippen molar-refractivity contribution >= 4 is 5.91 Å². The summed E-state index contributed by atoms with van der Waals surface area (Å²) >= 11 is 0. The number of nitrogens with one attached hydrogen (secondary N) is 1. The second-order valence-electron chi connectivity index (χ2n) is 4.32. The molecule has 0 aromatic heterocycles. The van der Waals surface area contributed by atoms with E-state index in [0.717, 1.165) is 0 Å². The van der Waals surface area contributed by atoms with Crippen LogP contribution in [0.1, 0.15) is 24.2 Å². The zero-order valence-electron chi connectivity index (χ0n) is 10.2. The summed E-state index contributed by atoms with van der Waals surface area (Å²) in [4.78, 5) is 11.8. The average Bonchev–Trinajstić information content (AvgIpc) is 2.26. The van der Waals surface area contributed by atoms with Gasteiger partial charge in [-0.1, -0.05) is 6.07 Å². The fourth-order valence-corrected chi connectivity index (χ4v) is 1.21. The number of rotatable bonds is 4. The summed E-state index contributed by atoms with van der Waals surface area (Å²) in [5.41, 5.74) is -0.630. The number of aromatic hydroxyl groups is 2. The third kappa shape index (κ3) is 3.35. The van der Waals surface area contributed by atoms with Crippen LogP contribution in [0.25, 0.3) is 0 Å². The Kier molecular flexibility index (Phi) is 3.96. The molecule has 94 valence electrons. The number of methoxy groups -OCH3 is 1. The molecule has 0 spiro atoms. The molecule has 17 heavy (non-hydrogen) atoms. The summed E-state index contributed by atoms with van der Waals surface area (Å²) in [7, 11) is 1.55. The van der Waals surface area contributed by atoms with Crippen LogP contribution < -0.4 is 5.32 Å². The molecule has 3 N–H and O–H groups in total. The normalized spacial score (nSPS) is 11.2. The van der Waals surface area contributed by atoms with Crippen LogP contribution in [0, 0.1) is 0 Å². The van der Waals surface area contributed by atoms with E-state index < -0.39 is 11.5 Å². The molecule has 0 heterocycles. The lowest BCUT2D eigenvalue weighted by molar-refractivity contribution is 0.0228. The minimum absolute atomic E-state index is 0.126. The molecule has 0 aliphatic rings. The average molecular weight is 239 g/mol. The standard InChI is InChI=1S/C12H17NO4/c1-12(2,17-3)7-13-11(16)10-8(14)5-4-6-9(10)15/h4-6,14-15H,7H2,1-3H3,(H,13,16). The molecular formula is C12H17NO4. The van der Waals surface area contributed by atoms with Crippen LogP contribution in [0.15, 0.2) is 18.2 Å². The van der Waals surface area contributed by atoms with Gasteiger partial charge in [0, 0.05) is 13.7 Å². The molecule has 0 saturated heterocycles. The molecule has 0 unspecified atom stereocenters. The summed E-state index contributed by atoms with van der Waals surface area (Å²) in [5, 5.41) is 21.6. The van der Waals surface area contributed by atoms with Gasteiger partial charge in [-0.2, -0.15) is 0 Å². The van der Waals surface area contributed by atoms with Crippen molar-refractivity contribution in [3.8, 4) is 11.5 Å². The molecule has 1 aromatic carbocycles. The summed E-state index contributed by atoms with van der Waals surface area (Å²) in [5.74, 6) is -1.04. The summed E-state index contributed by atoms with van der Waals surface area (Å²) in [6, 6.07) is 4.15. The van der Waals surface area contributed by atoms with E-state index in [4.69, 9.17) is 4.74 Å². The number of ether oxygens (including phenoxy) is 1. The molecule has 0 saturated carbocycles. The summed E-state index contributed by atoms with van der Waals surface area (Å²) in [6.07, 6.45) is 0. The number of carbonyl (C=O) groups excluding carboxylic acids is 1. The zero-order chi connectivity index (χ0) is 13.1. The molecule has 0 aliphatic heterocycles. The van der Waals surface area contributed by atoms with Gasteiger partial charge < -0.3 is 20.3 Å². The maximum atomic E-state index is 11.8. The Morgan fingerprint density at radius 1 is 1.35 bits per heavy atom. The van der Waals surface area contributed by atoms with E-state index in [1.54, 1.807) is 7.11 Å². The van der Waals surface area contributed by atoms with Crippen molar-refractivity contribution in [2.75, 3.05) is 13.7 Å². The van der Waals surface area contributed by atoms with Crippen molar-refractivity contribution in [1.29, 1.82) is 0 Å². The number of hydrogen-bond acceptors (Lipinski definition) is 4. The van der Waals surface area contributed by atoms with E-state index >= 15 is 0 Å². The van der Waals surface area contributed by atoms with Gasteiger partial charge in [-0.15, -0.1) is 0 Å². The lowest BCUT2D eigenvalue weighted by Gasteiger charge is -2.23. The van der Waals surface area contributed by atoms with Crippen LogP contribution in [0.3, 0.4) is 0 Å². The SMILES string of the molecule is COC(C)(C)CNC(=O)c1c(O)cccc1O. The molecular weight excluding hydrogens is 222 g/mol. The zero-order valence-corrected chi connectivity index (χ0v) is 10.2. The van der Waals surface area contributed by atoms with E-state index in [2.05, 4.69) is 5.32 Å². The van der Waals surface area contributed by atoms with Crippen molar-refractivity contribution in [1.82, 2.24) is 5.32 Å². The van der Waals surface area contributed by atoms with E-state index in [-0.39, 0.29) is 23.6 Å².